The van der Waals surface area contributed by atoms with Crippen LogP contribution in [0.5, 0.6) is 0 Å². The van der Waals surface area contributed by atoms with Gasteiger partial charge in [-0.05, 0) is 43.0 Å². The van der Waals surface area contributed by atoms with Crippen LogP contribution in [-0.4, -0.2) is 41.3 Å². The monoisotopic (exact) mass is 447 g/mol. The number of aryl methyl sites for hydroxylation is 2. The van der Waals surface area contributed by atoms with Gasteiger partial charge in [0.15, 0.2) is 0 Å². The van der Waals surface area contributed by atoms with E-state index < -0.39 is 0 Å². The molecule has 0 amide bonds. The standard InChI is InChI=1S/C26H33N5O2/c1-7-20-24(29-23-18-12-10-9-11-17(18)14-21(23)33-8-2)26(32)31(6)25(28-20)19-15-27-22(30(4)5)13-16(19)3/h9-13,15,21,23,29H,7-8,14H2,1-6H3/t21-,23+/m0/s1. The van der Waals surface area contributed by atoms with Gasteiger partial charge in [-0.2, -0.15) is 0 Å². The minimum Gasteiger partial charge on any atom is -0.376 e. The average Bonchev–Trinajstić information content (AvgIpc) is 3.14. The normalized spacial score (nSPS) is 17.2. The fraction of sp³-hybridized carbons (Fsp3) is 0.423. The first-order valence-corrected chi connectivity index (χ1v) is 11.6. The van der Waals surface area contributed by atoms with Crippen LogP contribution in [0, 0.1) is 6.92 Å². The molecule has 1 aromatic carbocycles. The molecular weight excluding hydrogens is 414 g/mol. The maximum atomic E-state index is 13.6. The van der Waals surface area contributed by atoms with E-state index >= 15 is 0 Å². The minimum atomic E-state index is -0.0902. The molecule has 0 unspecified atom stereocenters. The lowest BCUT2D eigenvalue weighted by molar-refractivity contribution is 0.0574. The van der Waals surface area contributed by atoms with E-state index in [0.717, 1.165) is 29.1 Å². The minimum absolute atomic E-state index is 0.0217. The molecule has 1 aliphatic carbocycles. The molecule has 174 valence electrons. The number of aromatic nitrogens is 3. The third kappa shape index (κ3) is 4.25. The van der Waals surface area contributed by atoms with Crippen molar-refractivity contribution in [1.82, 2.24) is 14.5 Å². The second-order valence-electron chi connectivity index (χ2n) is 8.75. The van der Waals surface area contributed by atoms with Gasteiger partial charge < -0.3 is 15.0 Å². The van der Waals surface area contributed by atoms with E-state index in [2.05, 4.69) is 28.5 Å². The number of nitrogens with zero attached hydrogens (tertiary/aromatic N) is 4. The molecule has 7 nitrogen and oxygen atoms in total. The molecule has 4 rings (SSSR count). The molecule has 1 N–H and O–H groups in total. The summed E-state index contributed by atoms with van der Waals surface area (Å²) in [5.74, 6) is 1.50. The predicted octanol–water partition coefficient (Wildman–Crippen LogP) is 3.89. The van der Waals surface area contributed by atoms with Crippen LogP contribution in [-0.2, 0) is 24.6 Å². The summed E-state index contributed by atoms with van der Waals surface area (Å²) < 4.78 is 7.67. The Kier molecular flexibility index (Phi) is 6.51. The zero-order valence-electron chi connectivity index (χ0n) is 20.3. The number of nitrogens with one attached hydrogen (secondary N) is 1. The van der Waals surface area contributed by atoms with Gasteiger partial charge in [-0.1, -0.05) is 31.2 Å². The Labute approximate surface area is 195 Å². The van der Waals surface area contributed by atoms with Crippen LogP contribution in [0.3, 0.4) is 0 Å². The van der Waals surface area contributed by atoms with E-state index in [0.29, 0.717) is 24.5 Å². The molecule has 3 aromatic rings. The summed E-state index contributed by atoms with van der Waals surface area (Å²) in [6.07, 6.45) is 3.25. The Bertz CT molecular complexity index is 1220. The lowest BCUT2D eigenvalue weighted by Crippen LogP contribution is -2.31. The maximum Gasteiger partial charge on any atom is 0.277 e. The van der Waals surface area contributed by atoms with Gasteiger partial charge in [-0.25, -0.2) is 9.97 Å². The highest BCUT2D eigenvalue weighted by atomic mass is 16.5. The van der Waals surface area contributed by atoms with E-state index in [1.807, 2.05) is 51.9 Å². The highest BCUT2D eigenvalue weighted by molar-refractivity contribution is 5.64. The Morgan fingerprint density at radius 2 is 2.00 bits per heavy atom. The van der Waals surface area contributed by atoms with Crippen LogP contribution in [0.25, 0.3) is 11.4 Å². The van der Waals surface area contributed by atoms with E-state index in [1.54, 1.807) is 17.8 Å². The number of anilines is 2. The van der Waals surface area contributed by atoms with E-state index in [9.17, 15) is 4.79 Å². The Hall–Kier alpha value is -3.19. The van der Waals surface area contributed by atoms with Gasteiger partial charge in [0, 0.05) is 45.9 Å². The fourth-order valence-corrected chi connectivity index (χ4v) is 4.56. The predicted molar refractivity (Wildman–Crippen MR) is 133 cm³/mol. The molecule has 1 aliphatic rings. The molecule has 2 atom stereocenters. The topological polar surface area (TPSA) is 72.3 Å². The van der Waals surface area contributed by atoms with Crippen LogP contribution in [0.4, 0.5) is 11.5 Å². The number of pyridine rings is 1. The van der Waals surface area contributed by atoms with Crippen molar-refractivity contribution in [3.8, 4) is 11.4 Å². The lowest BCUT2D eigenvalue weighted by Gasteiger charge is -2.24. The molecule has 0 fully saturated rings. The van der Waals surface area contributed by atoms with Gasteiger partial charge in [0.1, 0.15) is 17.3 Å². The highest BCUT2D eigenvalue weighted by Crippen LogP contribution is 2.36. The first-order chi connectivity index (χ1) is 15.8. The Balaban J connectivity index is 1.77. The Morgan fingerprint density at radius 1 is 1.24 bits per heavy atom. The van der Waals surface area contributed by atoms with Gasteiger partial charge in [0.05, 0.1) is 17.8 Å². The van der Waals surface area contributed by atoms with Crippen molar-refractivity contribution in [1.29, 1.82) is 0 Å². The number of hydrogen-bond acceptors (Lipinski definition) is 6. The van der Waals surface area contributed by atoms with Crippen molar-refractivity contribution in [3.05, 3.63) is 69.3 Å². The van der Waals surface area contributed by atoms with Gasteiger partial charge in [0.25, 0.3) is 5.56 Å². The van der Waals surface area contributed by atoms with Crippen molar-refractivity contribution in [2.45, 2.75) is 45.8 Å². The van der Waals surface area contributed by atoms with Crippen LogP contribution < -0.4 is 15.8 Å². The first-order valence-electron chi connectivity index (χ1n) is 11.6. The smallest absolute Gasteiger partial charge is 0.277 e. The largest absolute Gasteiger partial charge is 0.376 e. The highest BCUT2D eigenvalue weighted by Gasteiger charge is 2.34. The van der Waals surface area contributed by atoms with Gasteiger partial charge in [-0.3, -0.25) is 9.36 Å². The second kappa shape index (κ2) is 9.35. The number of benzene rings is 1. The van der Waals surface area contributed by atoms with Crippen molar-refractivity contribution in [2.75, 3.05) is 30.9 Å². The van der Waals surface area contributed by atoms with Crippen LogP contribution in [0.15, 0.2) is 41.3 Å². The molecule has 0 aliphatic heterocycles. The average molecular weight is 448 g/mol. The molecular formula is C26H33N5O2. The van der Waals surface area contributed by atoms with Crippen LogP contribution >= 0.6 is 0 Å². The van der Waals surface area contributed by atoms with Crippen LogP contribution in [0.1, 0.15) is 42.3 Å². The third-order valence-corrected chi connectivity index (χ3v) is 6.36. The molecule has 0 saturated carbocycles. The van der Waals surface area contributed by atoms with Gasteiger partial charge in [-0.15, -0.1) is 0 Å². The van der Waals surface area contributed by atoms with Crippen molar-refractivity contribution >= 4 is 11.5 Å². The molecule has 2 aromatic heterocycles. The fourth-order valence-electron chi connectivity index (χ4n) is 4.56. The summed E-state index contributed by atoms with van der Waals surface area (Å²) >= 11 is 0. The number of fused-ring (bicyclic) bond motifs is 1. The van der Waals surface area contributed by atoms with E-state index in [-0.39, 0.29) is 17.7 Å². The Morgan fingerprint density at radius 3 is 2.67 bits per heavy atom. The molecule has 33 heavy (non-hydrogen) atoms. The molecule has 2 heterocycles. The SMILES string of the molecule is CCO[C@H]1Cc2ccccc2[C@H]1Nc1c(CC)nc(-c2cnc(N(C)C)cc2C)n(C)c1=O. The molecule has 7 heteroatoms. The molecule has 0 spiro atoms. The van der Waals surface area contributed by atoms with E-state index in [4.69, 9.17) is 9.72 Å². The quantitative estimate of drug-likeness (QED) is 0.592. The second-order valence-corrected chi connectivity index (χ2v) is 8.75. The number of rotatable bonds is 7. The van der Waals surface area contributed by atoms with Gasteiger partial charge >= 0.3 is 0 Å². The number of hydrogen-bond donors (Lipinski definition) is 1. The van der Waals surface area contributed by atoms with Crippen LogP contribution in [0.2, 0.25) is 0 Å². The van der Waals surface area contributed by atoms with Crippen molar-refractivity contribution in [2.24, 2.45) is 7.05 Å². The summed E-state index contributed by atoms with van der Waals surface area (Å²) in [5.41, 5.74) is 5.54. The maximum absolute atomic E-state index is 13.6. The zero-order valence-corrected chi connectivity index (χ0v) is 20.3. The van der Waals surface area contributed by atoms with Crippen molar-refractivity contribution in [3.63, 3.8) is 0 Å². The molecule has 0 bridgehead atoms. The third-order valence-electron chi connectivity index (χ3n) is 6.36. The summed E-state index contributed by atoms with van der Waals surface area (Å²) in [5, 5.41) is 3.53. The first kappa shape index (κ1) is 23.0. The number of ether oxygens (including phenoxy) is 1. The summed E-state index contributed by atoms with van der Waals surface area (Å²) in [7, 11) is 5.70. The van der Waals surface area contributed by atoms with E-state index in [1.165, 1.54) is 11.1 Å². The molecule has 0 radical (unpaired) electrons. The zero-order chi connectivity index (χ0) is 23.7. The molecule has 0 saturated heterocycles. The van der Waals surface area contributed by atoms with Crippen molar-refractivity contribution < 1.29 is 4.74 Å². The summed E-state index contributed by atoms with van der Waals surface area (Å²) in [4.78, 5) is 25.0. The summed E-state index contributed by atoms with van der Waals surface area (Å²) in [6, 6.07) is 10.3. The lowest BCUT2D eigenvalue weighted by atomic mass is 10.1. The van der Waals surface area contributed by atoms with Gasteiger partial charge in [0.2, 0.25) is 0 Å². The summed E-state index contributed by atoms with van der Waals surface area (Å²) in [6.45, 7) is 6.68.